The van der Waals surface area contributed by atoms with Gasteiger partial charge in [-0.05, 0) is 36.6 Å². The first-order valence-electron chi connectivity index (χ1n) is 12.3. The van der Waals surface area contributed by atoms with Gasteiger partial charge in [-0.1, -0.05) is 61.9 Å². The van der Waals surface area contributed by atoms with Gasteiger partial charge in [0.25, 0.3) is 11.5 Å². The molecule has 4 aromatic rings. The van der Waals surface area contributed by atoms with Crippen molar-refractivity contribution in [2.75, 3.05) is 13.2 Å². The third-order valence-electron chi connectivity index (χ3n) is 6.35. The molecule has 0 radical (unpaired) electrons. The molecule has 0 fully saturated rings. The van der Waals surface area contributed by atoms with Gasteiger partial charge in [0.05, 0.1) is 42.8 Å². The number of aliphatic hydroxyl groups excluding tert-OH is 1. The molecular formula is C29H31FN4O3. The molecule has 1 N–H and O–H groups in total. The molecule has 37 heavy (non-hydrogen) atoms. The van der Waals surface area contributed by atoms with E-state index in [1.807, 2.05) is 63.2 Å². The average Bonchev–Trinajstić information content (AvgIpc) is 2.90. The number of hydrogen-bond donors (Lipinski definition) is 1. The number of aryl methyl sites for hydroxylation is 1. The minimum absolute atomic E-state index is 0.231. The Morgan fingerprint density at radius 1 is 1.08 bits per heavy atom. The van der Waals surface area contributed by atoms with E-state index in [9.17, 15) is 19.1 Å². The van der Waals surface area contributed by atoms with Gasteiger partial charge in [0.2, 0.25) is 0 Å². The number of halogens is 1. The maximum absolute atomic E-state index is 14.7. The molecule has 0 aliphatic heterocycles. The van der Waals surface area contributed by atoms with Gasteiger partial charge in [-0.3, -0.25) is 19.1 Å². The number of aromatic nitrogens is 3. The summed E-state index contributed by atoms with van der Waals surface area (Å²) >= 11 is 0. The quantitative estimate of drug-likeness (QED) is 0.368. The van der Waals surface area contributed by atoms with Crippen molar-refractivity contribution < 1.29 is 14.3 Å². The van der Waals surface area contributed by atoms with Crippen LogP contribution in [0, 0.1) is 12.8 Å². The number of carbonyl (C=O) groups excluding carboxylic acids is 1. The average molecular weight is 503 g/mol. The third kappa shape index (κ3) is 5.75. The van der Waals surface area contributed by atoms with Crippen molar-refractivity contribution >= 4 is 16.8 Å². The van der Waals surface area contributed by atoms with Gasteiger partial charge < -0.3 is 10.0 Å². The van der Waals surface area contributed by atoms with Crippen LogP contribution in [0.15, 0.2) is 77.9 Å². The Hall–Kier alpha value is -3.91. The molecule has 0 bridgehead atoms. The van der Waals surface area contributed by atoms with Crippen LogP contribution < -0.4 is 5.56 Å². The molecule has 0 aliphatic carbocycles. The maximum atomic E-state index is 14.7. The number of aliphatic hydroxyl groups is 1. The van der Waals surface area contributed by atoms with E-state index in [1.165, 1.54) is 11.1 Å². The van der Waals surface area contributed by atoms with Crippen LogP contribution in [-0.4, -0.2) is 49.8 Å². The second-order valence-electron chi connectivity index (χ2n) is 9.53. The second-order valence-corrected chi connectivity index (χ2v) is 9.53. The first-order valence-corrected chi connectivity index (χ1v) is 12.3. The Morgan fingerprint density at radius 3 is 2.43 bits per heavy atom. The molecule has 1 amide bonds. The molecule has 8 heteroatoms. The molecule has 0 saturated heterocycles. The molecule has 2 atom stereocenters. The lowest BCUT2D eigenvalue weighted by atomic mass is 9.98. The summed E-state index contributed by atoms with van der Waals surface area (Å²) in [4.78, 5) is 37.9. The molecule has 4 rings (SSSR count). The van der Waals surface area contributed by atoms with Crippen LogP contribution in [0.5, 0.6) is 0 Å². The highest BCUT2D eigenvalue weighted by Gasteiger charge is 2.34. The zero-order valence-electron chi connectivity index (χ0n) is 21.2. The zero-order chi connectivity index (χ0) is 26.5. The number of rotatable bonds is 9. The van der Waals surface area contributed by atoms with Crippen LogP contribution >= 0.6 is 0 Å². The van der Waals surface area contributed by atoms with E-state index in [2.05, 4.69) is 4.98 Å². The van der Waals surface area contributed by atoms with Gasteiger partial charge in [0.1, 0.15) is 12.0 Å². The first-order chi connectivity index (χ1) is 17.8. The first kappa shape index (κ1) is 26.2. The monoisotopic (exact) mass is 502 g/mol. The summed E-state index contributed by atoms with van der Waals surface area (Å²) in [5.41, 5.74) is 2.40. The minimum atomic E-state index is -1.66. The summed E-state index contributed by atoms with van der Waals surface area (Å²) in [7, 11) is 0. The summed E-state index contributed by atoms with van der Waals surface area (Å²) in [6.45, 7) is 4.88. The second kappa shape index (κ2) is 11.4. The molecule has 0 unspecified atom stereocenters. The Labute approximate surface area is 215 Å². The maximum Gasteiger partial charge on any atom is 0.261 e. The topological polar surface area (TPSA) is 88.3 Å². The summed E-state index contributed by atoms with van der Waals surface area (Å²) in [5.74, 6) is -0.292. The highest BCUT2D eigenvalue weighted by Crippen LogP contribution is 2.30. The Balaban J connectivity index is 1.92. The number of hydrogen-bond acceptors (Lipinski definition) is 5. The van der Waals surface area contributed by atoms with Crippen molar-refractivity contribution in [3.05, 3.63) is 106 Å². The van der Waals surface area contributed by atoms with Crippen LogP contribution in [-0.2, 0) is 6.54 Å². The number of amides is 1. The number of carbonyl (C=O) groups is 1. The Bertz CT molecular complexity index is 1420. The Morgan fingerprint density at radius 2 is 1.78 bits per heavy atom. The van der Waals surface area contributed by atoms with Crippen molar-refractivity contribution in [3.63, 3.8) is 0 Å². The van der Waals surface area contributed by atoms with Crippen molar-refractivity contribution in [3.8, 4) is 0 Å². The predicted molar refractivity (Wildman–Crippen MR) is 141 cm³/mol. The molecule has 192 valence electrons. The van der Waals surface area contributed by atoms with E-state index in [4.69, 9.17) is 4.98 Å². The molecular weight excluding hydrogens is 471 g/mol. The lowest BCUT2D eigenvalue weighted by Crippen LogP contribution is -2.44. The lowest BCUT2D eigenvalue weighted by Gasteiger charge is -2.36. The van der Waals surface area contributed by atoms with Gasteiger partial charge in [0, 0.05) is 11.8 Å². The standard InChI is InChI=1S/C29H31FN4O3/c1-19(2)26(33(17-23(30)18-35)28(36)22-11-9-20(3)10-12-22)27-32-25-15-31-14-13-24(25)29(37)34(27)16-21-7-5-4-6-8-21/h4-15,19,23,26,35H,16-18H2,1-3H3/t23-,26-/m1/s1. The van der Waals surface area contributed by atoms with Gasteiger partial charge in [0.15, 0.2) is 0 Å². The minimum Gasteiger partial charge on any atom is -0.393 e. The van der Waals surface area contributed by atoms with E-state index in [0.717, 1.165) is 11.1 Å². The van der Waals surface area contributed by atoms with Crippen molar-refractivity contribution in [1.29, 1.82) is 0 Å². The molecule has 0 saturated carbocycles. The summed E-state index contributed by atoms with van der Waals surface area (Å²) in [6, 6.07) is 17.4. The van der Waals surface area contributed by atoms with E-state index in [-0.39, 0.29) is 24.6 Å². The zero-order valence-corrected chi connectivity index (χ0v) is 21.2. The molecule has 2 aromatic heterocycles. The number of alkyl halides is 1. The van der Waals surface area contributed by atoms with Crippen molar-refractivity contribution in [2.24, 2.45) is 5.92 Å². The normalized spacial score (nSPS) is 13.0. The fourth-order valence-electron chi connectivity index (χ4n) is 4.49. The SMILES string of the molecule is Cc1ccc(C(=O)N(C[C@@H](F)CO)[C@@H](c2nc3cnccc3c(=O)n2Cc2ccccc2)C(C)C)cc1. The largest absolute Gasteiger partial charge is 0.393 e. The summed E-state index contributed by atoms with van der Waals surface area (Å²) in [6.07, 6.45) is 1.40. The van der Waals surface area contributed by atoms with Crippen molar-refractivity contribution in [1.82, 2.24) is 19.4 Å². The van der Waals surface area contributed by atoms with E-state index in [1.54, 1.807) is 29.0 Å². The number of fused-ring (bicyclic) bond motifs is 1. The van der Waals surface area contributed by atoms with Crippen LogP contribution in [0.4, 0.5) is 4.39 Å². The highest BCUT2D eigenvalue weighted by atomic mass is 19.1. The van der Waals surface area contributed by atoms with Crippen LogP contribution in [0.1, 0.15) is 47.2 Å². The van der Waals surface area contributed by atoms with E-state index in [0.29, 0.717) is 22.3 Å². The molecule has 0 spiro atoms. The van der Waals surface area contributed by atoms with Crippen LogP contribution in [0.2, 0.25) is 0 Å². The molecule has 2 aromatic carbocycles. The fraction of sp³-hybridized carbons (Fsp3) is 0.310. The number of nitrogens with zero attached hydrogens (tertiary/aromatic N) is 4. The molecule has 0 aliphatic rings. The fourth-order valence-corrected chi connectivity index (χ4v) is 4.49. The lowest BCUT2D eigenvalue weighted by molar-refractivity contribution is 0.0469. The summed E-state index contributed by atoms with van der Waals surface area (Å²) in [5, 5.41) is 9.92. The Kier molecular flexibility index (Phi) is 8.08. The predicted octanol–water partition coefficient (Wildman–Crippen LogP) is 4.32. The van der Waals surface area contributed by atoms with Crippen molar-refractivity contribution in [2.45, 2.75) is 39.5 Å². The van der Waals surface area contributed by atoms with E-state index >= 15 is 0 Å². The number of benzene rings is 2. The molecule has 2 heterocycles. The van der Waals surface area contributed by atoms with E-state index < -0.39 is 24.7 Å². The van der Waals surface area contributed by atoms with Gasteiger partial charge >= 0.3 is 0 Å². The van der Waals surface area contributed by atoms with Crippen LogP contribution in [0.3, 0.4) is 0 Å². The number of pyridine rings is 1. The molecule has 7 nitrogen and oxygen atoms in total. The highest BCUT2D eigenvalue weighted by molar-refractivity contribution is 5.94. The smallest absolute Gasteiger partial charge is 0.261 e. The third-order valence-corrected chi connectivity index (χ3v) is 6.35. The summed E-state index contributed by atoms with van der Waals surface area (Å²) < 4.78 is 16.3. The van der Waals surface area contributed by atoms with Gasteiger partial charge in [-0.15, -0.1) is 0 Å². The van der Waals surface area contributed by atoms with Gasteiger partial charge in [-0.25, -0.2) is 9.37 Å². The van der Waals surface area contributed by atoms with Gasteiger partial charge in [-0.2, -0.15) is 0 Å². The van der Waals surface area contributed by atoms with Crippen LogP contribution in [0.25, 0.3) is 10.9 Å².